The van der Waals surface area contributed by atoms with Gasteiger partial charge in [0.25, 0.3) is 5.91 Å². The Kier molecular flexibility index (Phi) is 6.79. The Hall–Kier alpha value is -2.43. The smallest absolute Gasteiger partial charge is 0.262 e. The van der Waals surface area contributed by atoms with Crippen LogP contribution in [0.3, 0.4) is 0 Å². The molecule has 0 spiro atoms. The van der Waals surface area contributed by atoms with Crippen molar-refractivity contribution in [2.45, 2.75) is 43.7 Å². The summed E-state index contributed by atoms with van der Waals surface area (Å²) in [4.78, 5) is 25.9. The predicted molar refractivity (Wildman–Crippen MR) is 115 cm³/mol. The van der Waals surface area contributed by atoms with Gasteiger partial charge >= 0.3 is 0 Å². The van der Waals surface area contributed by atoms with Gasteiger partial charge in [-0.2, -0.15) is 0 Å². The van der Waals surface area contributed by atoms with E-state index in [2.05, 4.69) is 15.4 Å². The maximum atomic E-state index is 12.9. The van der Waals surface area contributed by atoms with Crippen LogP contribution in [0.5, 0.6) is 5.75 Å². The molecule has 3 rings (SSSR count). The number of ether oxygens (including phenoxy) is 1. The van der Waals surface area contributed by atoms with Crippen LogP contribution < -0.4 is 20.1 Å². The van der Waals surface area contributed by atoms with Crippen molar-refractivity contribution in [3.05, 3.63) is 40.6 Å². The summed E-state index contributed by atoms with van der Waals surface area (Å²) < 4.78 is 32.9. The fourth-order valence-electron chi connectivity index (χ4n) is 2.81. The van der Waals surface area contributed by atoms with Gasteiger partial charge in [-0.3, -0.25) is 9.59 Å². The number of carbonyl (C=O) groups is 2. The maximum absolute atomic E-state index is 12.9. The van der Waals surface area contributed by atoms with Crippen molar-refractivity contribution in [1.29, 1.82) is 0 Å². The molecule has 2 aromatic rings. The van der Waals surface area contributed by atoms with E-state index in [1.807, 2.05) is 13.8 Å². The summed E-state index contributed by atoms with van der Waals surface area (Å²) in [6, 6.07) is 6.88. The number of methoxy groups -OCH3 is 1. The normalized spacial score (nSPS) is 14.9. The Morgan fingerprint density at radius 3 is 2.50 bits per heavy atom. The van der Waals surface area contributed by atoms with Crippen LogP contribution in [0, 0.1) is 5.92 Å². The van der Waals surface area contributed by atoms with Crippen LogP contribution in [0.1, 0.15) is 36.4 Å². The lowest BCUT2D eigenvalue weighted by atomic mass is 10.0. The lowest BCUT2D eigenvalue weighted by Gasteiger charge is -2.22. The Morgan fingerprint density at radius 2 is 1.93 bits per heavy atom. The monoisotopic (exact) mass is 451 g/mol. The first kappa shape index (κ1) is 22.3. The topological polar surface area (TPSA) is 114 Å². The molecule has 0 aliphatic heterocycles. The van der Waals surface area contributed by atoms with Gasteiger partial charge in [0.15, 0.2) is 0 Å². The summed E-state index contributed by atoms with van der Waals surface area (Å²) in [6.45, 7) is 3.63. The zero-order valence-electron chi connectivity index (χ0n) is 17.0. The average molecular weight is 452 g/mol. The number of carbonyl (C=O) groups excluding carboxylic acids is 2. The van der Waals surface area contributed by atoms with Crippen LogP contribution in [0.15, 0.2) is 40.6 Å². The van der Waals surface area contributed by atoms with Gasteiger partial charge in [0.1, 0.15) is 11.8 Å². The molecule has 30 heavy (non-hydrogen) atoms. The Labute approximate surface area is 180 Å². The summed E-state index contributed by atoms with van der Waals surface area (Å²) in [7, 11) is -2.26. The zero-order valence-corrected chi connectivity index (χ0v) is 18.6. The molecule has 1 unspecified atom stereocenters. The Morgan fingerprint density at radius 1 is 1.20 bits per heavy atom. The number of nitrogens with one attached hydrogen (secondary N) is 3. The van der Waals surface area contributed by atoms with Crippen molar-refractivity contribution in [2.75, 3.05) is 12.4 Å². The third-order valence-electron chi connectivity index (χ3n) is 4.62. The first-order valence-electron chi connectivity index (χ1n) is 9.57. The summed E-state index contributed by atoms with van der Waals surface area (Å²) in [6.07, 6.45) is 1.64. The molecule has 8 nitrogen and oxygen atoms in total. The second-order valence-corrected chi connectivity index (χ2v) is 10.1. The predicted octanol–water partition coefficient (Wildman–Crippen LogP) is 2.59. The SMILES string of the molecule is COc1ccc(S(=O)(=O)NC2CC2)cc1NC(=O)C(NC(=O)c1cccs1)C(C)C. The average Bonchev–Trinajstić information content (AvgIpc) is 3.31. The lowest BCUT2D eigenvalue weighted by Crippen LogP contribution is -2.47. The minimum absolute atomic E-state index is 0.0343. The molecule has 1 atom stereocenters. The largest absolute Gasteiger partial charge is 0.495 e. The van der Waals surface area contributed by atoms with E-state index in [0.717, 1.165) is 12.8 Å². The third kappa shape index (κ3) is 5.38. The van der Waals surface area contributed by atoms with E-state index < -0.39 is 22.0 Å². The van der Waals surface area contributed by atoms with Crippen LogP contribution in [0.4, 0.5) is 5.69 Å². The first-order valence-corrected chi connectivity index (χ1v) is 11.9. The number of sulfonamides is 1. The van der Waals surface area contributed by atoms with Crippen LogP contribution >= 0.6 is 11.3 Å². The van der Waals surface area contributed by atoms with E-state index in [0.29, 0.717) is 10.6 Å². The number of amides is 2. The molecule has 2 amide bonds. The first-order chi connectivity index (χ1) is 14.2. The van der Waals surface area contributed by atoms with E-state index in [9.17, 15) is 18.0 Å². The molecule has 10 heteroatoms. The van der Waals surface area contributed by atoms with Gasteiger partial charge in [0.05, 0.1) is 22.6 Å². The zero-order chi connectivity index (χ0) is 21.9. The molecule has 1 aliphatic rings. The highest BCUT2D eigenvalue weighted by Gasteiger charge is 2.29. The molecule has 1 fully saturated rings. The minimum Gasteiger partial charge on any atom is -0.495 e. The summed E-state index contributed by atoms with van der Waals surface area (Å²) in [5.74, 6) is -0.669. The highest BCUT2D eigenvalue weighted by atomic mass is 32.2. The molecular formula is C20H25N3O5S2. The second-order valence-electron chi connectivity index (χ2n) is 7.42. The van der Waals surface area contributed by atoms with Crippen LogP contribution in [0.25, 0.3) is 0 Å². The van der Waals surface area contributed by atoms with E-state index in [1.54, 1.807) is 17.5 Å². The van der Waals surface area contributed by atoms with Crippen molar-refractivity contribution in [3.63, 3.8) is 0 Å². The van der Waals surface area contributed by atoms with Gasteiger partial charge in [-0.1, -0.05) is 19.9 Å². The van der Waals surface area contributed by atoms with E-state index in [4.69, 9.17) is 4.74 Å². The van der Waals surface area contributed by atoms with E-state index >= 15 is 0 Å². The molecule has 162 valence electrons. The molecule has 0 bridgehead atoms. The standard InChI is InChI=1S/C20H25N3O5S2/c1-12(2)18(22-19(24)17-5-4-10-29-17)20(25)21-15-11-14(8-9-16(15)28-3)30(26,27)23-13-6-7-13/h4-5,8-13,18,23H,6-7H2,1-3H3,(H,21,25)(H,22,24). The van der Waals surface area contributed by atoms with Crippen molar-refractivity contribution >= 4 is 38.9 Å². The number of anilines is 1. The molecule has 1 saturated carbocycles. The number of hydrogen-bond acceptors (Lipinski definition) is 6. The number of rotatable bonds is 9. The third-order valence-corrected chi connectivity index (χ3v) is 7.01. The summed E-state index contributed by atoms with van der Waals surface area (Å²) in [5, 5.41) is 7.23. The Bertz CT molecular complexity index is 1020. The second kappa shape index (κ2) is 9.15. The molecule has 3 N–H and O–H groups in total. The van der Waals surface area contributed by atoms with Crippen molar-refractivity contribution in [2.24, 2.45) is 5.92 Å². The fourth-order valence-corrected chi connectivity index (χ4v) is 4.76. The van der Waals surface area contributed by atoms with Crippen molar-refractivity contribution in [3.8, 4) is 5.75 Å². The van der Waals surface area contributed by atoms with Crippen LogP contribution in [0.2, 0.25) is 0 Å². The van der Waals surface area contributed by atoms with Crippen LogP contribution in [-0.2, 0) is 14.8 Å². The molecular weight excluding hydrogens is 426 g/mol. The lowest BCUT2D eigenvalue weighted by molar-refractivity contribution is -0.118. The quantitative estimate of drug-likeness (QED) is 0.542. The van der Waals surface area contributed by atoms with Gasteiger partial charge in [0.2, 0.25) is 15.9 Å². The molecule has 0 radical (unpaired) electrons. The number of hydrogen-bond donors (Lipinski definition) is 3. The highest BCUT2D eigenvalue weighted by Crippen LogP contribution is 2.29. The van der Waals surface area contributed by atoms with Gasteiger partial charge in [-0.25, -0.2) is 13.1 Å². The van der Waals surface area contributed by atoms with Crippen molar-refractivity contribution in [1.82, 2.24) is 10.0 Å². The van der Waals surface area contributed by atoms with Gasteiger partial charge in [0, 0.05) is 6.04 Å². The maximum Gasteiger partial charge on any atom is 0.262 e. The van der Waals surface area contributed by atoms with Crippen molar-refractivity contribution < 1.29 is 22.7 Å². The summed E-state index contributed by atoms with van der Waals surface area (Å²) >= 11 is 1.28. The van der Waals surface area contributed by atoms with Gasteiger partial charge in [-0.05, 0) is 48.4 Å². The molecule has 1 aromatic carbocycles. The fraction of sp³-hybridized carbons (Fsp3) is 0.400. The van der Waals surface area contributed by atoms with E-state index in [-0.39, 0.29) is 28.4 Å². The highest BCUT2D eigenvalue weighted by molar-refractivity contribution is 7.89. The molecule has 1 heterocycles. The minimum atomic E-state index is -3.69. The van der Waals surface area contributed by atoms with E-state index in [1.165, 1.54) is 36.6 Å². The van der Waals surface area contributed by atoms with Crippen LogP contribution in [-0.4, -0.2) is 39.4 Å². The summed E-state index contributed by atoms with van der Waals surface area (Å²) in [5.41, 5.74) is 0.220. The number of thiophene rings is 1. The van der Waals surface area contributed by atoms with Gasteiger partial charge in [-0.15, -0.1) is 11.3 Å². The Balaban J connectivity index is 1.80. The molecule has 1 aromatic heterocycles. The number of benzene rings is 1. The van der Waals surface area contributed by atoms with Gasteiger partial charge < -0.3 is 15.4 Å². The molecule has 1 aliphatic carbocycles. The molecule has 0 saturated heterocycles.